The van der Waals surface area contributed by atoms with E-state index in [0.29, 0.717) is 11.5 Å². The maximum absolute atomic E-state index is 8.93. The molecule has 2 aromatic rings. The zero-order chi connectivity index (χ0) is 12.4. The van der Waals surface area contributed by atoms with Crippen molar-refractivity contribution in [3.05, 3.63) is 35.1 Å². The average molecular weight is 248 g/mol. The number of rotatable bonds is 2. The van der Waals surface area contributed by atoms with Gasteiger partial charge in [-0.3, -0.25) is 0 Å². The number of hydrogen-bond acceptors (Lipinski definition) is 3. The number of nitriles is 1. The van der Waals surface area contributed by atoms with Crippen LogP contribution in [-0.2, 0) is 7.05 Å². The molecule has 2 rings (SSSR count). The maximum Gasteiger partial charge on any atom is 0.166 e. The first kappa shape index (κ1) is 11.5. The normalized spacial score (nSPS) is 10.0. The van der Waals surface area contributed by atoms with E-state index in [0.717, 1.165) is 11.3 Å². The highest BCUT2D eigenvalue weighted by Gasteiger charge is 2.13. The van der Waals surface area contributed by atoms with Gasteiger partial charge in [0.25, 0.3) is 0 Å². The molecule has 0 spiro atoms. The first-order valence-electron chi connectivity index (χ1n) is 4.94. The van der Waals surface area contributed by atoms with Crippen molar-refractivity contribution in [2.75, 3.05) is 7.11 Å². The quantitative estimate of drug-likeness (QED) is 0.820. The number of ether oxygens (including phenoxy) is 1. The molecule has 0 amide bonds. The van der Waals surface area contributed by atoms with Crippen LogP contribution in [-0.4, -0.2) is 16.7 Å². The van der Waals surface area contributed by atoms with Crippen LogP contribution in [0.1, 0.15) is 5.69 Å². The first-order chi connectivity index (χ1) is 8.17. The van der Waals surface area contributed by atoms with Gasteiger partial charge in [-0.15, -0.1) is 0 Å². The van der Waals surface area contributed by atoms with E-state index in [2.05, 4.69) is 4.98 Å². The summed E-state index contributed by atoms with van der Waals surface area (Å²) in [6, 6.07) is 9.44. The molecule has 0 N–H and O–H groups in total. The lowest BCUT2D eigenvalue weighted by Crippen LogP contribution is -1.95. The van der Waals surface area contributed by atoms with Crippen LogP contribution in [0.25, 0.3) is 11.4 Å². The van der Waals surface area contributed by atoms with Gasteiger partial charge < -0.3 is 9.30 Å². The molecule has 1 aromatic heterocycles. The van der Waals surface area contributed by atoms with E-state index < -0.39 is 0 Å². The molecule has 0 fully saturated rings. The van der Waals surface area contributed by atoms with Crippen LogP contribution in [0.4, 0.5) is 0 Å². The number of methoxy groups -OCH3 is 1. The van der Waals surface area contributed by atoms with Crippen LogP contribution in [0.3, 0.4) is 0 Å². The predicted octanol–water partition coefficient (Wildman–Crippen LogP) is 2.62. The minimum absolute atomic E-state index is 0.223. The van der Waals surface area contributed by atoms with Gasteiger partial charge in [-0.25, -0.2) is 4.98 Å². The van der Waals surface area contributed by atoms with Gasteiger partial charge in [-0.2, -0.15) is 5.26 Å². The lowest BCUT2D eigenvalue weighted by Gasteiger charge is -2.03. The topological polar surface area (TPSA) is 50.8 Å². The van der Waals surface area contributed by atoms with Crippen molar-refractivity contribution >= 4 is 11.6 Å². The molecule has 0 radical (unpaired) electrons. The van der Waals surface area contributed by atoms with Crippen molar-refractivity contribution in [2.45, 2.75) is 0 Å². The van der Waals surface area contributed by atoms with Gasteiger partial charge in [0.1, 0.15) is 17.6 Å². The summed E-state index contributed by atoms with van der Waals surface area (Å²) in [5.74, 6) is 1.43. The highest BCUT2D eigenvalue weighted by Crippen LogP contribution is 2.25. The zero-order valence-corrected chi connectivity index (χ0v) is 10.2. The highest BCUT2D eigenvalue weighted by molar-refractivity contribution is 6.30. The van der Waals surface area contributed by atoms with Crippen LogP contribution in [0.15, 0.2) is 24.3 Å². The number of nitrogens with zero attached hydrogens (tertiary/aromatic N) is 3. The van der Waals surface area contributed by atoms with E-state index in [-0.39, 0.29) is 5.15 Å². The molecule has 0 aliphatic rings. The third-order valence-electron chi connectivity index (χ3n) is 2.51. The summed E-state index contributed by atoms with van der Waals surface area (Å²) in [6.45, 7) is 0. The second-order valence-corrected chi connectivity index (χ2v) is 3.83. The lowest BCUT2D eigenvalue weighted by molar-refractivity contribution is 0.415. The monoisotopic (exact) mass is 247 g/mol. The van der Waals surface area contributed by atoms with Gasteiger partial charge in [0.15, 0.2) is 10.8 Å². The molecule has 1 aromatic carbocycles. The minimum atomic E-state index is 0.223. The van der Waals surface area contributed by atoms with Crippen molar-refractivity contribution in [1.82, 2.24) is 9.55 Å². The zero-order valence-electron chi connectivity index (χ0n) is 9.44. The summed E-state index contributed by atoms with van der Waals surface area (Å²) in [4.78, 5) is 4.17. The highest BCUT2D eigenvalue weighted by atomic mass is 35.5. The fourth-order valence-electron chi connectivity index (χ4n) is 1.58. The molecule has 4 nitrogen and oxygen atoms in total. The van der Waals surface area contributed by atoms with Crippen LogP contribution >= 0.6 is 11.6 Å². The number of halogens is 1. The van der Waals surface area contributed by atoms with E-state index in [1.807, 2.05) is 30.3 Å². The lowest BCUT2D eigenvalue weighted by atomic mass is 10.2. The van der Waals surface area contributed by atoms with Gasteiger partial charge in [0.05, 0.1) is 7.11 Å². The summed E-state index contributed by atoms with van der Waals surface area (Å²) < 4.78 is 6.75. The Hall–Kier alpha value is -1.99. The van der Waals surface area contributed by atoms with Gasteiger partial charge in [-0.1, -0.05) is 11.6 Å². The summed E-state index contributed by atoms with van der Waals surface area (Å²) in [7, 11) is 3.37. The second-order valence-electron chi connectivity index (χ2n) is 3.47. The molecule has 0 aliphatic heterocycles. The average Bonchev–Trinajstić information content (AvgIpc) is 2.64. The van der Waals surface area contributed by atoms with Crippen LogP contribution in [0, 0.1) is 11.3 Å². The van der Waals surface area contributed by atoms with E-state index in [9.17, 15) is 0 Å². The molecule has 17 heavy (non-hydrogen) atoms. The van der Waals surface area contributed by atoms with Crippen molar-refractivity contribution in [2.24, 2.45) is 7.05 Å². The molecule has 1 heterocycles. The Morgan fingerprint density at radius 2 is 2.00 bits per heavy atom. The Labute approximate surface area is 104 Å². The van der Waals surface area contributed by atoms with Gasteiger partial charge >= 0.3 is 0 Å². The van der Waals surface area contributed by atoms with E-state index in [1.165, 1.54) is 0 Å². The Morgan fingerprint density at radius 3 is 2.47 bits per heavy atom. The Bertz CT molecular complexity index is 581. The Balaban J connectivity index is 2.50. The number of benzene rings is 1. The van der Waals surface area contributed by atoms with Crippen LogP contribution < -0.4 is 4.74 Å². The van der Waals surface area contributed by atoms with Gasteiger partial charge in [0.2, 0.25) is 0 Å². The molecule has 0 saturated heterocycles. The van der Waals surface area contributed by atoms with Gasteiger partial charge in [0, 0.05) is 12.6 Å². The molecule has 0 atom stereocenters. The van der Waals surface area contributed by atoms with Crippen LogP contribution in [0.5, 0.6) is 5.75 Å². The smallest absolute Gasteiger partial charge is 0.166 e. The van der Waals surface area contributed by atoms with Crippen LogP contribution in [0.2, 0.25) is 5.15 Å². The second kappa shape index (κ2) is 4.48. The maximum atomic E-state index is 8.93. The van der Waals surface area contributed by atoms with Crippen molar-refractivity contribution in [3.8, 4) is 23.2 Å². The van der Waals surface area contributed by atoms with E-state index in [4.69, 9.17) is 21.6 Å². The predicted molar refractivity (Wildman–Crippen MR) is 64.9 cm³/mol. The summed E-state index contributed by atoms with van der Waals surface area (Å²) in [5.41, 5.74) is 1.24. The van der Waals surface area contributed by atoms with Crippen molar-refractivity contribution in [1.29, 1.82) is 5.26 Å². The Kier molecular flexibility index (Phi) is 3.03. The molecular weight excluding hydrogens is 238 g/mol. The number of aromatic nitrogens is 2. The third-order valence-corrected chi connectivity index (χ3v) is 2.77. The van der Waals surface area contributed by atoms with E-state index in [1.54, 1.807) is 18.7 Å². The standard InChI is InChI=1S/C12H10ClN3O/c1-16-10(7-14)11(13)15-12(16)8-3-5-9(17-2)6-4-8/h3-6H,1-2H3. The van der Waals surface area contributed by atoms with E-state index >= 15 is 0 Å². The SMILES string of the molecule is COc1ccc(-c2nc(Cl)c(C#N)n2C)cc1. The molecule has 86 valence electrons. The molecule has 0 saturated carbocycles. The summed E-state index contributed by atoms with van der Waals surface area (Å²) in [6.07, 6.45) is 0. The molecular formula is C12H10ClN3O. The fraction of sp³-hybridized carbons (Fsp3) is 0.167. The molecule has 0 unspecified atom stereocenters. The van der Waals surface area contributed by atoms with Gasteiger partial charge in [-0.05, 0) is 24.3 Å². The Morgan fingerprint density at radius 1 is 1.35 bits per heavy atom. The molecule has 0 bridgehead atoms. The summed E-state index contributed by atoms with van der Waals surface area (Å²) in [5, 5.41) is 9.15. The third kappa shape index (κ3) is 1.97. The fourth-order valence-corrected chi connectivity index (χ4v) is 1.83. The summed E-state index contributed by atoms with van der Waals surface area (Å²) >= 11 is 5.88. The van der Waals surface area contributed by atoms with Crippen molar-refractivity contribution < 1.29 is 4.74 Å². The van der Waals surface area contributed by atoms with Crippen molar-refractivity contribution in [3.63, 3.8) is 0 Å². The number of imidazole rings is 1. The molecule has 0 aliphatic carbocycles. The largest absolute Gasteiger partial charge is 0.497 e. The minimum Gasteiger partial charge on any atom is -0.497 e. The first-order valence-corrected chi connectivity index (χ1v) is 5.32. The molecule has 5 heteroatoms. The number of hydrogen-bond donors (Lipinski definition) is 0.